The number of nitrogens with zero attached hydrogens (tertiary/aromatic N) is 1. The smallest absolute Gasteiger partial charge is 0.254 e. The van der Waals surface area contributed by atoms with Crippen molar-refractivity contribution >= 4 is 5.91 Å². The highest BCUT2D eigenvalue weighted by atomic mass is 16.5. The van der Waals surface area contributed by atoms with E-state index >= 15 is 0 Å². The fourth-order valence-electron chi connectivity index (χ4n) is 1.43. The standard InChI is InChI=1S/C10H13N3O2/c1-6-2-3-13-10(8(6)9(11)14)15-7-4-12-5-7/h2-3,7,12H,4-5H2,1H3,(H2,11,14). The van der Waals surface area contributed by atoms with E-state index in [0.29, 0.717) is 11.4 Å². The minimum absolute atomic E-state index is 0.0948. The second-order valence-electron chi connectivity index (χ2n) is 3.57. The second kappa shape index (κ2) is 3.86. The summed E-state index contributed by atoms with van der Waals surface area (Å²) < 4.78 is 5.55. The number of nitrogens with two attached hydrogens (primary N) is 1. The molecule has 0 aliphatic carbocycles. The van der Waals surface area contributed by atoms with Crippen molar-refractivity contribution in [2.75, 3.05) is 13.1 Å². The maximum Gasteiger partial charge on any atom is 0.254 e. The number of aromatic nitrogens is 1. The summed E-state index contributed by atoms with van der Waals surface area (Å²) in [6.45, 7) is 3.38. The number of carbonyl (C=O) groups is 1. The molecular weight excluding hydrogens is 194 g/mol. The van der Waals surface area contributed by atoms with Crippen LogP contribution < -0.4 is 15.8 Å². The van der Waals surface area contributed by atoms with Crippen molar-refractivity contribution in [2.24, 2.45) is 5.73 Å². The largest absolute Gasteiger partial charge is 0.471 e. The van der Waals surface area contributed by atoms with Gasteiger partial charge in [0.25, 0.3) is 5.91 Å². The predicted molar refractivity (Wildman–Crippen MR) is 54.8 cm³/mol. The molecule has 80 valence electrons. The van der Waals surface area contributed by atoms with Crippen LogP contribution in [-0.4, -0.2) is 30.1 Å². The third-order valence-electron chi connectivity index (χ3n) is 2.39. The summed E-state index contributed by atoms with van der Waals surface area (Å²) in [5.41, 5.74) is 6.45. The quantitative estimate of drug-likeness (QED) is 0.722. The number of hydrogen-bond acceptors (Lipinski definition) is 4. The molecule has 0 atom stereocenters. The van der Waals surface area contributed by atoms with Crippen molar-refractivity contribution in [3.8, 4) is 5.88 Å². The first-order chi connectivity index (χ1) is 7.18. The summed E-state index contributed by atoms with van der Waals surface area (Å²) in [5.74, 6) is -0.156. The molecule has 1 aromatic rings. The first-order valence-corrected chi connectivity index (χ1v) is 4.81. The van der Waals surface area contributed by atoms with E-state index in [1.54, 1.807) is 12.3 Å². The maximum atomic E-state index is 11.2. The van der Waals surface area contributed by atoms with Crippen LogP contribution in [0.1, 0.15) is 15.9 Å². The lowest BCUT2D eigenvalue weighted by molar-refractivity contribution is 0.0979. The van der Waals surface area contributed by atoms with Crippen LogP contribution in [0.25, 0.3) is 0 Å². The zero-order valence-electron chi connectivity index (χ0n) is 8.49. The van der Waals surface area contributed by atoms with Crippen LogP contribution in [0.3, 0.4) is 0 Å². The van der Waals surface area contributed by atoms with Gasteiger partial charge in [-0.15, -0.1) is 0 Å². The SMILES string of the molecule is Cc1ccnc(OC2CNC2)c1C(N)=O. The number of aryl methyl sites for hydroxylation is 1. The number of amides is 1. The molecule has 1 fully saturated rings. The summed E-state index contributed by atoms with van der Waals surface area (Å²) in [6, 6.07) is 1.74. The zero-order valence-corrected chi connectivity index (χ0v) is 8.49. The van der Waals surface area contributed by atoms with Gasteiger partial charge in [-0.1, -0.05) is 0 Å². The normalized spacial score (nSPS) is 15.8. The minimum Gasteiger partial charge on any atom is -0.471 e. The lowest BCUT2D eigenvalue weighted by Gasteiger charge is -2.27. The van der Waals surface area contributed by atoms with Gasteiger partial charge in [-0.3, -0.25) is 4.79 Å². The topological polar surface area (TPSA) is 77.2 Å². The van der Waals surface area contributed by atoms with Crippen molar-refractivity contribution in [1.29, 1.82) is 0 Å². The van der Waals surface area contributed by atoms with Gasteiger partial charge in [-0.2, -0.15) is 0 Å². The molecule has 0 saturated carbocycles. The molecule has 1 aliphatic rings. The third kappa shape index (κ3) is 1.92. The Labute approximate surface area is 87.6 Å². The van der Waals surface area contributed by atoms with Crippen LogP contribution in [0.15, 0.2) is 12.3 Å². The fraction of sp³-hybridized carbons (Fsp3) is 0.400. The average Bonchev–Trinajstić information content (AvgIpc) is 2.10. The highest BCUT2D eigenvalue weighted by molar-refractivity contribution is 5.96. The molecular formula is C10H13N3O2. The number of ether oxygens (including phenoxy) is 1. The van der Waals surface area contributed by atoms with Crippen LogP contribution in [0.5, 0.6) is 5.88 Å². The number of primary amides is 1. The Kier molecular flexibility index (Phi) is 2.55. The Morgan fingerprint density at radius 2 is 2.40 bits per heavy atom. The van der Waals surface area contributed by atoms with E-state index in [4.69, 9.17) is 10.5 Å². The van der Waals surface area contributed by atoms with Gasteiger partial charge >= 0.3 is 0 Å². The number of nitrogens with one attached hydrogen (secondary N) is 1. The van der Waals surface area contributed by atoms with Crippen molar-refractivity contribution in [3.63, 3.8) is 0 Å². The maximum absolute atomic E-state index is 11.2. The zero-order chi connectivity index (χ0) is 10.8. The summed E-state index contributed by atoms with van der Waals surface area (Å²) in [6.07, 6.45) is 1.71. The van der Waals surface area contributed by atoms with Gasteiger partial charge in [0.15, 0.2) is 0 Å². The number of hydrogen-bond donors (Lipinski definition) is 2. The summed E-state index contributed by atoms with van der Waals surface area (Å²) in [7, 11) is 0. The van der Waals surface area contributed by atoms with Crippen molar-refractivity contribution in [2.45, 2.75) is 13.0 Å². The van der Waals surface area contributed by atoms with Gasteiger partial charge < -0.3 is 15.8 Å². The molecule has 3 N–H and O–H groups in total. The van der Waals surface area contributed by atoms with E-state index < -0.39 is 5.91 Å². The van der Waals surface area contributed by atoms with E-state index in [1.165, 1.54) is 0 Å². The van der Waals surface area contributed by atoms with Gasteiger partial charge in [-0.05, 0) is 18.6 Å². The molecule has 1 aliphatic heterocycles. The predicted octanol–water partition coefficient (Wildman–Crippen LogP) is -0.160. The van der Waals surface area contributed by atoms with Crippen molar-refractivity contribution < 1.29 is 9.53 Å². The van der Waals surface area contributed by atoms with Gasteiger partial charge in [0.2, 0.25) is 5.88 Å². The monoisotopic (exact) mass is 207 g/mol. The van der Waals surface area contributed by atoms with E-state index in [-0.39, 0.29) is 6.10 Å². The van der Waals surface area contributed by atoms with Crippen LogP contribution in [0.2, 0.25) is 0 Å². The van der Waals surface area contributed by atoms with E-state index in [1.807, 2.05) is 6.92 Å². The number of pyridine rings is 1. The third-order valence-corrected chi connectivity index (χ3v) is 2.39. The summed E-state index contributed by atoms with van der Waals surface area (Å²) >= 11 is 0. The Morgan fingerprint density at radius 1 is 1.67 bits per heavy atom. The second-order valence-corrected chi connectivity index (χ2v) is 3.57. The lowest BCUT2D eigenvalue weighted by Crippen LogP contribution is -2.50. The number of rotatable bonds is 3. The molecule has 0 spiro atoms. The van der Waals surface area contributed by atoms with Crippen LogP contribution in [0, 0.1) is 6.92 Å². The van der Waals surface area contributed by atoms with Gasteiger partial charge in [-0.25, -0.2) is 4.98 Å². The highest BCUT2D eigenvalue weighted by Crippen LogP contribution is 2.20. The molecule has 2 heterocycles. The fourth-order valence-corrected chi connectivity index (χ4v) is 1.43. The molecule has 15 heavy (non-hydrogen) atoms. The summed E-state index contributed by atoms with van der Waals surface area (Å²) in [4.78, 5) is 15.2. The molecule has 5 heteroatoms. The molecule has 1 amide bonds. The van der Waals surface area contributed by atoms with Crippen LogP contribution in [-0.2, 0) is 0 Å². The molecule has 5 nitrogen and oxygen atoms in total. The van der Waals surface area contributed by atoms with Crippen LogP contribution >= 0.6 is 0 Å². The van der Waals surface area contributed by atoms with E-state index in [2.05, 4.69) is 10.3 Å². The lowest BCUT2D eigenvalue weighted by atomic mass is 10.1. The Bertz CT molecular complexity index is 388. The molecule has 0 unspecified atom stereocenters. The average molecular weight is 207 g/mol. The Balaban J connectivity index is 2.27. The van der Waals surface area contributed by atoms with E-state index in [9.17, 15) is 4.79 Å². The Morgan fingerprint density at radius 3 is 2.93 bits per heavy atom. The van der Waals surface area contributed by atoms with Crippen LogP contribution in [0.4, 0.5) is 0 Å². The molecule has 0 aromatic carbocycles. The molecule has 1 saturated heterocycles. The van der Waals surface area contributed by atoms with Gasteiger partial charge in [0.05, 0.1) is 0 Å². The van der Waals surface area contributed by atoms with Gasteiger partial charge in [0, 0.05) is 19.3 Å². The molecule has 2 rings (SSSR count). The molecule has 0 bridgehead atoms. The molecule has 0 radical (unpaired) electrons. The first-order valence-electron chi connectivity index (χ1n) is 4.81. The van der Waals surface area contributed by atoms with E-state index in [0.717, 1.165) is 18.7 Å². The molecule has 1 aromatic heterocycles. The van der Waals surface area contributed by atoms with Crippen molar-refractivity contribution in [3.05, 3.63) is 23.4 Å². The highest BCUT2D eigenvalue weighted by Gasteiger charge is 2.22. The Hall–Kier alpha value is -1.62. The van der Waals surface area contributed by atoms with Gasteiger partial charge in [0.1, 0.15) is 11.7 Å². The minimum atomic E-state index is -0.497. The number of carbonyl (C=O) groups excluding carboxylic acids is 1. The first kappa shape index (κ1) is 9.92. The summed E-state index contributed by atoms with van der Waals surface area (Å²) in [5, 5.41) is 3.08. The van der Waals surface area contributed by atoms with Crippen molar-refractivity contribution in [1.82, 2.24) is 10.3 Å².